The number of hydrogen-bond acceptors (Lipinski definition) is 5. The fraction of sp³-hybridized carbons (Fsp3) is 0.333. The van der Waals surface area contributed by atoms with Crippen LogP contribution >= 0.6 is 0 Å². The molecule has 0 unspecified atom stereocenters. The third-order valence-corrected chi connectivity index (χ3v) is 3.35. The van der Waals surface area contributed by atoms with E-state index >= 15 is 0 Å². The second kappa shape index (κ2) is 6.28. The van der Waals surface area contributed by atoms with Gasteiger partial charge in [0.2, 0.25) is 0 Å². The maximum absolute atomic E-state index is 11.6. The molecule has 0 radical (unpaired) electrons. The van der Waals surface area contributed by atoms with Gasteiger partial charge in [-0.05, 0) is 18.6 Å². The number of rotatable bonds is 6. The van der Waals surface area contributed by atoms with E-state index < -0.39 is 16.1 Å². The van der Waals surface area contributed by atoms with E-state index in [1.807, 2.05) is 0 Å². The SMILES string of the molecule is O=C(O)N(O)CCCNS(=O)(=O)c1ccccn1. The second-order valence-corrected chi connectivity index (χ2v) is 5.04. The van der Waals surface area contributed by atoms with Crippen molar-refractivity contribution >= 4 is 16.1 Å². The molecule has 1 amide bonds. The lowest BCUT2D eigenvalue weighted by molar-refractivity contribution is -0.0638. The van der Waals surface area contributed by atoms with Gasteiger partial charge in [0.25, 0.3) is 10.0 Å². The molecule has 3 N–H and O–H groups in total. The van der Waals surface area contributed by atoms with Crippen LogP contribution in [-0.4, -0.2) is 48.0 Å². The highest BCUT2D eigenvalue weighted by Gasteiger charge is 2.14. The van der Waals surface area contributed by atoms with E-state index in [0.717, 1.165) is 0 Å². The lowest BCUT2D eigenvalue weighted by Crippen LogP contribution is -2.31. The molecule has 0 aliphatic heterocycles. The third kappa shape index (κ3) is 4.28. The molecule has 0 aliphatic rings. The number of hydrogen-bond donors (Lipinski definition) is 3. The summed E-state index contributed by atoms with van der Waals surface area (Å²) in [6, 6.07) is 4.48. The molecule has 0 bridgehead atoms. The zero-order chi connectivity index (χ0) is 13.6. The molecule has 9 heteroatoms. The summed E-state index contributed by atoms with van der Waals surface area (Å²) < 4.78 is 25.5. The summed E-state index contributed by atoms with van der Waals surface area (Å²) in [5.41, 5.74) is 0. The number of hydroxylamine groups is 2. The monoisotopic (exact) mass is 275 g/mol. The van der Waals surface area contributed by atoms with Gasteiger partial charge in [-0.15, -0.1) is 0 Å². The molecule has 1 heterocycles. The molecule has 8 nitrogen and oxygen atoms in total. The van der Waals surface area contributed by atoms with Crippen molar-refractivity contribution in [2.75, 3.05) is 13.1 Å². The lowest BCUT2D eigenvalue weighted by Gasteiger charge is -2.10. The maximum Gasteiger partial charge on any atom is 0.431 e. The summed E-state index contributed by atoms with van der Waals surface area (Å²) in [4.78, 5) is 13.9. The molecule has 0 spiro atoms. The number of sulfonamides is 1. The first-order valence-corrected chi connectivity index (χ1v) is 6.52. The quantitative estimate of drug-likeness (QED) is 0.385. The predicted molar refractivity (Wildman–Crippen MR) is 60.6 cm³/mol. The first kappa shape index (κ1) is 14.4. The molecule has 18 heavy (non-hydrogen) atoms. The van der Waals surface area contributed by atoms with Crippen LogP contribution in [0.2, 0.25) is 0 Å². The molecule has 0 saturated carbocycles. The van der Waals surface area contributed by atoms with Gasteiger partial charge >= 0.3 is 6.09 Å². The van der Waals surface area contributed by atoms with E-state index in [1.54, 1.807) is 12.1 Å². The molecular formula is C9H13N3O5S. The normalized spacial score (nSPS) is 11.2. The lowest BCUT2D eigenvalue weighted by atomic mass is 10.4. The van der Waals surface area contributed by atoms with Gasteiger partial charge < -0.3 is 5.11 Å². The Kier molecular flexibility index (Phi) is 5.01. The summed E-state index contributed by atoms with van der Waals surface area (Å²) in [5, 5.41) is 17.1. The van der Waals surface area contributed by atoms with Crippen LogP contribution in [-0.2, 0) is 10.0 Å². The Hall–Kier alpha value is -1.71. The molecular weight excluding hydrogens is 262 g/mol. The number of amides is 1. The van der Waals surface area contributed by atoms with E-state index in [9.17, 15) is 13.2 Å². The molecule has 1 rings (SSSR count). The van der Waals surface area contributed by atoms with E-state index in [4.69, 9.17) is 10.3 Å². The van der Waals surface area contributed by atoms with Gasteiger partial charge in [0.15, 0.2) is 5.03 Å². The summed E-state index contributed by atoms with van der Waals surface area (Å²) in [6.45, 7) is -0.177. The predicted octanol–water partition coefficient (Wildman–Crippen LogP) is 0.119. The number of pyridine rings is 1. The van der Waals surface area contributed by atoms with E-state index in [2.05, 4.69) is 9.71 Å². The average Bonchev–Trinajstić information content (AvgIpc) is 2.35. The number of carbonyl (C=O) groups is 1. The first-order valence-electron chi connectivity index (χ1n) is 5.03. The van der Waals surface area contributed by atoms with Crippen LogP contribution < -0.4 is 4.72 Å². The number of aromatic nitrogens is 1. The first-order chi connectivity index (χ1) is 8.43. The summed E-state index contributed by atoms with van der Waals surface area (Å²) in [7, 11) is -3.69. The van der Waals surface area contributed by atoms with Crippen molar-refractivity contribution in [3.8, 4) is 0 Å². The number of nitrogens with zero attached hydrogens (tertiary/aromatic N) is 2. The highest BCUT2D eigenvalue weighted by Crippen LogP contribution is 2.02. The highest BCUT2D eigenvalue weighted by atomic mass is 32.2. The van der Waals surface area contributed by atoms with Gasteiger partial charge in [-0.25, -0.2) is 22.9 Å². The minimum absolute atomic E-state index is 0.00322. The summed E-state index contributed by atoms with van der Waals surface area (Å²) in [5.74, 6) is 0. The minimum atomic E-state index is -3.69. The molecule has 0 atom stereocenters. The van der Waals surface area contributed by atoms with Crippen LogP contribution in [0.25, 0.3) is 0 Å². The fourth-order valence-corrected chi connectivity index (χ4v) is 2.13. The standard InChI is InChI=1S/C9H13N3O5S/c13-9(14)12(15)7-3-6-11-18(16,17)8-4-1-2-5-10-8/h1-2,4-5,11,15H,3,6-7H2,(H,13,14). The van der Waals surface area contributed by atoms with Crippen molar-refractivity contribution in [3.05, 3.63) is 24.4 Å². The Morgan fingerprint density at radius 3 is 2.72 bits per heavy atom. The Balaban J connectivity index is 2.42. The van der Waals surface area contributed by atoms with E-state index in [-0.39, 0.29) is 29.6 Å². The van der Waals surface area contributed by atoms with Gasteiger partial charge in [-0.3, -0.25) is 5.21 Å². The highest BCUT2D eigenvalue weighted by molar-refractivity contribution is 7.89. The number of carboxylic acid groups (broad SMARTS) is 1. The van der Waals surface area contributed by atoms with Crippen LogP contribution in [0.3, 0.4) is 0 Å². The van der Waals surface area contributed by atoms with Crippen LogP contribution in [0.5, 0.6) is 0 Å². The maximum atomic E-state index is 11.6. The average molecular weight is 275 g/mol. The van der Waals surface area contributed by atoms with Crippen molar-refractivity contribution in [3.63, 3.8) is 0 Å². The molecule has 1 aromatic rings. The van der Waals surface area contributed by atoms with Crippen molar-refractivity contribution in [2.24, 2.45) is 0 Å². The molecule has 0 aliphatic carbocycles. The summed E-state index contributed by atoms with van der Waals surface area (Å²) >= 11 is 0. The fourth-order valence-electron chi connectivity index (χ4n) is 1.11. The Morgan fingerprint density at radius 1 is 1.44 bits per heavy atom. The van der Waals surface area contributed by atoms with Gasteiger partial charge in [0, 0.05) is 12.7 Å². The molecule has 0 fully saturated rings. The van der Waals surface area contributed by atoms with E-state index in [1.165, 1.54) is 12.3 Å². The zero-order valence-electron chi connectivity index (χ0n) is 9.35. The second-order valence-electron chi connectivity index (χ2n) is 3.33. The zero-order valence-corrected chi connectivity index (χ0v) is 10.2. The van der Waals surface area contributed by atoms with Crippen molar-refractivity contribution in [1.82, 2.24) is 14.8 Å². The smallest absolute Gasteiger partial charge is 0.431 e. The van der Waals surface area contributed by atoms with Gasteiger partial charge in [0.05, 0.1) is 6.54 Å². The van der Waals surface area contributed by atoms with Crippen molar-refractivity contribution in [2.45, 2.75) is 11.4 Å². The van der Waals surface area contributed by atoms with Crippen LogP contribution in [0.15, 0.2) is 29.4 Å². The topological polar surface area (TPSA) is 120 Å². The van der Waals surface area contributed by atoms with Gasteiger partial charge in [0.1, 0.15) is 0 Å². The van der Waals surface area contributed by atoms with Crippen LogP contribution in [0.1, 0.15) is 6.42 Å². The van der Waals surface area contributed by atoms with Crippen LogP contribution in [0, 0.1) is 0 Å². The molecule has 0 saturated heterocycles. The molecule has 100 valence electrons. The van der Waals surface area contributed by atoms with Crippen molar-refractivity contribution < 1.29 is 23.5 Å². The third-order valence-electron chi connectivity index (χ3n) is 1.97. The number of nitrogens with one attached hydrogen (secondary N) is 1. The summed E-state index contributed by atoms with van der Waals surface area (Å²) in [6.07, 6.45) is 0.0196. The Morgan fingerprint density at radius 2 is 2.17 bits per heavy atom. The molecule has 0 aromatic carbocycles. The van der Waals surface area contributed by atoms with Gasteiger partial charge in [-0.2, -0.15) is 5.06 Å². The van der Waals surface area contributed by atoms with E-state index in [0.29, 0.717) is 0 Å². The largest absolute Gasteiger partial charge is 0.463 e. The van der Waals surface area contributed by atoms with Gasteiger partial charge in [-0.1, -0.05) is 6.07 Å². The Bertz CT molecular complexity index is 490. The van der Waals surface area contributed by atoms with Crippen LogP contribution in [0.4, 0.5) is 4.79 Å². The minimum Gasteiger partial charge on any atom is -0.463 e. The Labute approximate surface area is 104 Å². The van der Waals surface area contributed by atoms with Crippen molar-refractivity contribution in [1.29, 1.82) is 0 Å². The molecule has 1 aromatic heterocycles.